The lowest BCUT2D eigenvalue weighted by Crippen LogP contribution is -2.33. The molecule has 5 aromatic rings. The summed E-state index contributed by atoms with van der Waals surface area (Å²) in [4.78, 5) is 0. The Balaban J connectivity index is 1.13. The van der Waals surface area contributed by atoms with Gasteiger partial charge in [-0.25, -0.2) is 0 Å². The fourth-order valence-corrected chi connectivity index (χ4v) is 11.1. The van der Waals surface area contributed by atoms with Crippen LogP contribution < -0.4 is 20.7 Å². The molecule has 0 amide bonds. The van der Waals surface area contributed by atoms with Crippen LogP contribution in [0.15, 0.2) is 153 Å². The summed E-state index contributed by atoms with van der Waals surface area (Å²) in [5.41, 5.74) is 3.99. The highest BCUT2D eigenvalue weighted by Gasteiger charge is 2.44. The average molecular weight is 654 g/mol. The van der Waals surface area contributed by atoms with E-state index in [9.17, 15) is 5.11 Å². The molecule has 246 valence electrons. The van der Waals surface area contributed by atoms with Crippen LogP contribution in [-0.2, 0) is 12.8 Å². The minimum absolute atomic E-state index is 0.263. The van der Waals surface area contributed by atoms with Crippen LogP contribution in [-0.4, -0.2) is 17.9 Å². The van der Waals surface area contributed by atoms with E-state index >= 15 is 0 Å². The van der Waals surface area contributed by atoms with Crippen molar-refractivity contribution in [3.63, 3.8) is 0 Å². The monoisotopic (exact) mass is 653 g/mol. The van der Waals surface area contributed by atoms with Gasteiger partial charge in [-0.05, 0) is 104 Å². The summed E-state index contributed by atoms with van der Waals surface area (Å²) < 4.78 is 6.33. The number of rotatable bonds is 19. The predicted molar refractivity (Wildman–Crippen MR) is 209 cm³/mol. The first kappa shape index (κ1) is 34.9. The summed E-state index contributed by atoms with van der Waals surface area (Å²) in [5.74, 6) is 1.08. The second-order valence-corrected chi connectivity index (χ2v) is 16.1. The zero-order chi connectivity index (χ0) is 33.4. The van der Waals surface area contributed by atoms with Crippen LogP contribution in [0.1, 0.15) is 56.1 Å². The number of ether oxygens (including phenoxy) is 1. The third-order valence-corrected chi connectivity index (χ3v) is 13.7. The normalized spacial score (nSPS) is 11.2. The molecule has 0 radical (unpaired) electrons. The van der Waals surface area contributed by atoms with Crippen molar-refractivity contribution in [1.82, 2.24) is 0 Å². The third kappa shape index (κ3) is 8.94. The summed E-state index contributed by atoms with van der Waals surface area (Å²) in [7, 11) is -1.74. The quantitative estimate of drug-likeness (QED) is 0.0546. The van der Waals surface area contributed by atoms with E-state index in [4.69, 9.17) is 4.74 Å². The number of hydrogen-bond acceptors (Lipinski definition) is 2. The van der Waals surface area contributed by atoms with Crippen molar-refractivity contribution in [2.75, 3.05) is 12.8 Å². The maximum Gasteiger partial charge on any atom is 0.127 e. The van der Waals surface area contributed by atoms with E-state index in [1.54, 1.807) is 6.07 Å². The van der Waals surface area contributed by atoms with Gasteiger partial charge in [-0.2, -0.15) is 0 Å². The molecule has 1 N–H and O–H groups in total. The van der Waals surface area contributed by atoms with Gasteiger partial charge >= 0.3 is 0 Å². The highest BCUT2D eigenvalue weighted by Crippen LogP contribution is 2.56. The Labute approximate surface area is 289 Å². The van der Waals surface area contributed by atoms with Crippen molar-refractivity contribution in [2.24, 2.45) is 0 Å². The molecule has 0 unspecified atom stereocenters. The molecule has 0 aliphatic rings. The Morgan fingerprint density at radius 3 is 1.50 bits per heavy atom. The lowest BCUT2D eigenvalue weighted by Gasteiger charge is -2.27. The minimum atomic E-state index is -1.74. The Morgan fingerprint density at radius 1 is 0.521 bits per heavy atom. The minimum Gasteiger partial charge on any atom is -0.507 e. The molecule has 0 atom stereocenters. The van der Waals surface area contributed by atoms with Crippen molar-refractivity contribution in [1.29, 1.82) is 0 Å². The molecular weight excluding hydrogens is 603 g/mol. The number of benzene rings is 5. The van der Waals surface area contributed by atoms with Gasteiger partial charge in [-0.3, -0.25) is 0 Å². The van der Waals surface area contributed by atoms with Crippen LogP contribution in [0, 0.1) is 0 Å². The van der Waals surface area contributed by atoms with Crippen molar-refractivity contribution in [2.45, 2.75) is 57.8 Å². The molecule has 0 aliphatic heterocycles. The summed E-state index contributed by atoms with van der Waals surface area (Å²) >= 11 is 0. The molecule has 0 saturated carbocycles. The molecule has 5 aromatic carbocycles. The third-order valence-electron chi connectivity index (χ3n) is 9.14. The zero-order valence-corrected chi connectivity index (χ0v) is 29.2. The van der Waals surface area contributed by atoms with Crippen LogP contribution in [0.4, 0.5) is 0 Å². The Morgan fingerprint density at radius 2 is 0.979 bits per heavy atom. The smallest absolute Gasteiger partial charge is 0.127 e. The predicted octanol–water partition coefficient (Wildman–Crippen LogP) is 10.6. The number of hydrogen-bond donors (Lipinski definition) is 1. The molecule has 3 heteroatoms. The van der Waals surface area contributed by atoms with Gasteiger partial charge in [0, 0.05) is 11.1 Å². The van der Waals surface area contributed by atoms with Crippen molar-refractivity contribution >= 4 is 23.2 Å². The van der Waals surface area contributed by atoms with E-state index in [2.05, 4.69) is 116 Å². The van der Waals surface area contributed by atoms with Crippen LogP contribution in [0.5, 0.6) is 11.5 Å². The molecule has 0 heterocycles. The van der Waals surface area contributed by atoms with Gasteiger partial charge < -0.3 is 9.84 Å². The van der Waals surface area contributed by atoms with Crippen molar-refractivity contribution in [3.8, 4) is 22.6 Å². The SMILES string of the molecule is C=CCc1ccc(O)c(-c2cc(CC=C)ccc2OCCCCCCCCC[P+](c2ccccc2)(c2ccccc2)c2ccccc2)c1. The highest BCUT2D eigenvalue weighted by molar-refractivity contribution is 7.95. The van der Waals surface area contributed by atoms with E-state index in [1.807, 2.05) is 30.4 Å². The van der Waals surface area contributed by atoms with Gasteiger partial charge in [-0.1, -0.05) is 105 Å². The molecule has 0 fully saturated rings. The van der Waals surface area contributed by atoms with Crippen LogP contribution in [0.2, 0.25) is 0 Å². The topological polar surface area (TPSA) is 29.5 Å². The fourth-order valence-electron chi connectivity index (χ4n) is 6.70. The Kier molecular flexibility index (Phi) is 13.3. The Hall–Kier alpha value is -4.39. The van der Waals surface area contributed by atoms with Gasteiger partial charge in [0.05, 0.1) is 12.8 Å². The average Bonchev–Trinajstić information content (AvgIpc) is 3.13. The van der Waals surface area contributed by atoms with Crippen LogP contribution in [0.25, 0.3) is 11.1 Å². The van der Waals surface area contributed by atoms with E-state index in [0.717, 1.165) is 53.7 Å². The van der Waals surface area contributed by atoms with Gasteiger partial charge in [0.25, 0.3) is 0 Å². The summed E-state index contributed by atoms with van der Waals surface area (Å²) in [5, 5.41) is 15.2. The maximum absolute atomic E-state index is 10.8. The summed E-state index contributed by atoms with van der Waals surface area (Å²) in [6.45, 7) is 8.43. The molecule has 5 rings (SSSR count). The van der Waals surface area contributed by atoms with E-state index in [-0.39, 0.29) is 5.75 Å². The molecule has 0 bridgehead atoms. The largest absolute Gasteiger partial charge is 0.507 e. The summed E-state index contributed by atoms with van der Waals surface area (Å²) in [6.07, 6.45) is 14.9. The first-order valence-corrected chi connectivity index (χ1v) is 19.5. The molecule has 0 spiro atoms. The van der Waals surface area contributed by atoms with Crippen LogP contribution >= 0.6 is 7.26 Å². The zero-order valence-electron chi connectivity index (χ0n) is 28.3. The molecule has 0 aromatic heterocycles. The highest BCUT2D eigenvalue weighted by atomic mass is 31.2. The fraction of sp³-hybridized carbons (Fsp3) is 0.244. The van der Waals surface area contributed by atoms with Gasteiger partial charge in [0.2, 0.25) is 0 Å². The lowest BCUT2D eigenvalue weighted by molar-refractivity contribution is 0.305. The molecule has 48 heavy (non-hydrogen) atoms. The van der Waals surface area contributed by atoms with Gasteiger partial charge in [0.15, 0.2) is 0 Å². The standard InChI is InChI=1S/C45H49O2P/c1-3-21-37-29-31-44(46)42(35-37)43-36-38(22-4-2)30-32-45(43)47-33-19-8-6-5-7-9-20-34-48(39-23-13-10-14-24-39,40-25-15-11-16-26-40)41-27-17-12-18-28-41/h3-4,10-18,23-32,35-36H,1-2,5-9,19-22,33-34H2/p+1. The molecular formula is C45H50O2P+. The van der Waals surface area contributed by atoms with E-state index in [0.29, 0.717) is 6.61 Å². The first-order valence-electron chi connectivity index (χ1n) is 17.5. The van der Waals surface area contributed by atoms with Gasteiger partial charge in [0.1, 0.15) is 34.7 Å². The number of aromatic hydroxyl groups is 1. The number of unbranched alkanes of at least 4 members (excludes halogenated alkanes) is 6. The van der Waals surface area contributed by atoms with Gasteiger partial charge in [-0.15, -0.1) is 13.2 Å². The Bertz CT molecular complexity index is 1620. The van der Waals surface area contributed by atoms with Crippen molar-refractivity contribution in [3.05, 3.63) is 164 Å². The van der Waals surface area contributed by atoms with E-state index in [1.165, 1.54) is 54.2 Å². The van der Waals surface area contributed by atoms with Crippen LogP contribution in [0.3, 0.4) is 0 Å². The van der Waals surface area contributed by atoms with Crippen molar-refractivity contribution < 1.29 is 9.84 Å². The number of phenols is 1. The maximum atomic E-state index is 10.8. The first-order chi connectivity index (χ1) is 23.7. The summed E-state index contributed by atoms with van der Waals surface area (Å²) in [6, 6.07) is 45.7. The van der Waals surface area contributed by atoms with E-state index < -0.39 is 7.26 Å². The second kappa shape index (κ2) is 18.2. The number of allylic oxidation sites excluding steroid dienone is 2. The molecule has 0 aliphatic carbocycles. The molecule has 2 nitrogen and oxygen atoms in total. The lowest BCUT2D eigenvalue weighted by atomic mass is 9.97. The molecule has 0 saturated heterocycles. The second-order valence-electron chi connectivity index (χ2n) is 12.5. The number of phenolic OH excluding ortho intramolecular Hbond substituents is 1.